The maximum absolute atomic E-state index is 6.04. The van der Waals surface area contributed by atoms with E-state index < -0.39 is 0 Å². The van der Waals surface area contributed by atoms with Crippen molar-refractivity contribution in [3.05, 3.63) is 40.1 Å². The lowest BCUT2D eigenvalue weighted by molar-refractivity contribution is 0.447. The minimum atomic E-state index is 0.417. The van der Waals surface area contributed by atoms with Crippen molar-refractivity contribution in [1.29, 1.82) is 0 Å². The first kappa shape index (κ1) is 13.7. The lowest BCUT2D eigenvalue weighted by atomic mass is 10.2. The Bertz CT molecular complexity index is 614. The Morgan fingerprint density at radius 1 is 1.11 bits per heavy atom. The van der Waals surface area contributed by atoms with Gasteiger partial charge in [-0.2, -0.15) is 4.98 Å². The maximum atomic E-state index is 6.04. The second-order valence-corrected chi connectivity index (χ2v) is 4.70. The number of hydrogen-bond acceptors (Lipinski definition) is 4. The number of aryl methyl sites for hydroxylation is 3. The molecule has 0 aliphatic carbocycles. The summed E-state index contributed by atoms with van der Waals surface area (Å²) in [5, 5.41) is 0.417. The molecule has 0 aliphatic rings. The molecule has 2 heterocycles. The average Bonchev–Trinajstić information content (AvgIpc) is 2.37. The molecule has 0 unspecified atom stereocenters. The topological polar surface area (TPSA) is 47.9 Å². The van der Waals surface area contributed by atoms with Gasteiger partial charge in [-0.15, -0.1) is 0 Å². The molecule has 0 aromatic carbocycles. The monoisotopic (exact) mass is 277 g/mol. The third-order valence-electron chi connectivity index (χ3n) is 2.77. The normalized spacial score (nSPS) is 10.6. The number of rotatable bonds is 3. The van der Waals surface area contributed by atoms with Crippen molar-refractivity contribution in [2.75, 3.05) is 0 Å². The Morgan fingerprint density at radius 2 is 1.84 bits per heavy atom. The van der Waals surface area contributed by atoms with Gasteiger partial charge in [-0.1, -0.05) is 18.5 Å². The third-order valence-corrected chi connectivity index (χ3v) is 3.13. The van der Waals surface area contributed by atoms with Gasteiger partial charge in [0.15, 0.2) is 5.75 Å². The molecule has 5 heteroatoms. The fourth-order valence-corrected chi connectivity index (χ4v) is 1.92. The molecule has 2 aromatic rings. The Labute approximate surface area is 117 Å². The molecule has 2 rings (SSSR count). The number of aromatic nitrogens is 3. The van der Waals surface area contributed by atoms with Crippen LogP contribution in [0.15, 0.2) is 12.1 Å². The van der Waals surface area contributed by atoms with E-state index in [1.807, 2.05) is 32.9 Å². The van der Waals surface area contributed by atoms with Gasteiger partial charge in [0.05, 0.1) is 5.69 Å². The van der Waals surface area contributed by atoms with E-state index in [9.17, 15) is 0 Å². The van der Waals surface area contributed by atoms with Crippen LogP contribution in [0.1, 0.15) is 29.7 Å². The summed E-state index contributed by atoms with van der Waals surface area (Å²) in [7, 11) is 0. The fraction of sp³-hybridized carbons (Fsp3) is 0.357. The van der Waals surface area contributed by atoms with Gasteiger partial charge in [-0.05, 0) is 39.3 Å². The largest absolute Gasteiger partial charge is 0.437 e. The molecule has 0 saturated heterocycles. The summed E-state index contributed by atoms with van der Waals surface area (Å²) in [6.45, 7) is 7.62. The van der Waals surface area contributed by atoms with Crippen LogP contribution in [-0.4, -0.2) is 15.0 Å². The first-order valence-electron chi connectivity index (χ1n) is 6.16. The van der Waals surface area contributed by atoms with Crippen molar-refractivity contribution in [3.63, 3.8) is 0 Å². The Morgan fingerprint density at radius 3 is 2.53 bits per heavy atom. The first-order chi connectivity index (χ1) is 9.01. The van der Waals surface area contributed by atoms with E-state index in [1.54, 1.807) is 6.92 Å². The summed E-state index contributed by atoms with van der Waals surface area (Å²) in [5.41, 5.74) is 2.61. The molecule has 100 valence electrons. The highest BCUT2D eigenvalue weighted by Crippen LogP contribution is 2.28. The Kier molecular flexibility index (Phi) is 4.00. The van der Waals surface area contributed by atoms with E-state index in [-0.39, 0.29) is 0 Å². The van der Waals surface area contributed by atoms with Crippen LogP contribution < -0.4 is 4.74 Å². The van der Waals surface area contributed by atoms with Crippen molar-refractivity contribution in [2.45, 2.75) is 34.1 Å². The van der Waals surface area contributed by atoms with Gasteiger partial charge in [0.2, 0.25) is 5.88 Å². The molecule has 0 bridgehead atoms. The van der Waals surface area contributed by atoms with Crippen LogP contribution in [0.25, 0.3) is 0 Å². The molecule has 0 N–H and O–H groups in total. The van der Waals surface area contributed by atoms with Gasteiger partial charge in [0, 0.05) is 11.3 Å². The minimum absolute atomic E-state index is 0.417. The van der Waals surface area contributed by atoms with Gasteiger partial charge >= 0.3 is 0 Å². The molecular formula is C14H16ClN3O. The second kappa shape index (κ2) is 5.53. The molecule has 0 aliphatic heterocycles. The zero-order valence-corrected chi connectivity index (χ0v) is 12.2. The highest BCUT2D eigenvalue weighted by Gasteiger charge is 2.12. The van der Waals surface area contributed by atoms with Crippen LogP contribution in [0, 0.1) is 20.8 Å². The first-order valence-corrected chi connectivity index (χ1v) is 6.54. The predicted molar refractivity (Wildman–Crippen MR) is 74.9 cm³/mol. The Hall–Kier alpha value is -1.68. The lowest BCUT2D eigenvalue weighted by Gasteiger charge is -2.12. The van der Waals surface area contributed by atoms with Crippen molar-refractivity contribution >= 4 is 11.6 Å². The van der Waals surface area contributed by atoms with Gasteiger partial charge in [0.1, 0.15) is 11.0 Å². The van der Waals surface area contributed by atoms with Crippen molar-refractivity contribution in [2.24, 2.45) is 0 Å². The number of hydrogen-bond donors (Lipinski definition) is 0. The van der Waals surface area contributed by atoms with Crippen molar-refractivity contribution in [3.8, 4) is 11.6 Å². The van der Waals surface area contributed by atoms with E-state index in [0.29, 0.717) is 22.6 Å². The Balaban J connectivity index is 2.41. The molecule has 0 atom stereocenters. The minimum Gasteiger partial charge on any atom is -0.437 e. The van der Waals surface area contributed by atoms with Crippen LogP contribution in [0.2, 0.25) is 5.15 Å². The predicted octanol–water partition coefficient (Wildman–Crippen LogP) is 3.80. The van der Waals surface area contributed by atoms with Gasteiger partial charge in [-0.25, -0.2) is 4.98 Å². The zero-order chi connectivity index (χ0) is 14.0. The molecular weight excluding hydrogens is 262 g/mol. The van der Waals surface area contributed by atoms with E-state index >= 15 is 0 Å². The van der Waals surface area contributed by atoms with Crippen LogP contribution in [0.5, 0.6) is 11.6 Å². The molecule has 0 radical (unpaired) electrons. The number of pyridine rings is 1. The number of ether oxygens (including phenoxy) is 1. The summed E-state index contributed by atoms with van der Waals surface area (Å²) in [4.78, 5) is 12.8. The number of halogens is 1. The molecule has 2 aromatic heterocycles. The van der Waals surface area contributed by atoms with E-state index in [1.165, 1.54) is 0 Å². The quantitative estimate of drug-likeness (QED) is 0.801. The molecule has 19 heavy (non-hydrogen) atoms. The summed E-state index contributed by atoms with van der Waals surface area (Å²) in [6.07, 6.45) is 0.799. The molecule has 0 fully saturated rings. The molecule has 4 nitrogen and oxygen atoms in total. The summed E-state index contributed by atoms with van der Waals surface area (Å²) in [6, 6.07) is 3.82. The highest BCUT2D eigenvalue weighted by molar-refractivity contribution is 6.30. The van der Waals surface area contributed by atoms with Crippen molar-refractivity contribution in [1.82, 2.24) is 15.0 Å². The second-order valence-electron chi connectivity index (χ2n) is 4.34. The standard InChI is InChI=1S/C14H16ClN3O/c1-5-11-12(7-6-8(2)16-11)19-14-9(3)13(15)17-10(4)18-14/h6-7H,5H2,1-4H3. The van der Waals surface area contributed by atoms with E-state index in [2.05, 4.69) is 15.0 Å². The van der Waals surface area contributed by atoms with Crippen LogP contribution >= 0.6 is 11.6 Å². The summed E-state index contributed by atoms with van der Waals surface area (Å²) >= 11 is 6.04. The van der Waals surface area contributed by atoms with Crippen molar-refractivity contribution < 1.29 is 4.74 Å². The summed E-state index contributed by atoms with van der Waals surface area (Å²) in [5.74, 6) is 1.78. The SMILES string of the molecule is CCc1nc(C)ccc1Oc1nc(C)nc(Cl)c1C. The number of nitrogens with zero attached hydrogens (tertiary/aromatic N) is 3. The van der Waals surface area contributed by atoms with Crippen LogP contribution in [-0.2, 0) is 6.42 Å². The molecule has 0 saturated carbocycles. The smallest absolute Gasteiger partial charge is 0.227 e. The zero-order valence-electron chi connectivity index (χ0n) is 11.5. The van der Waals surface area contributed by atoms with Gasteiger partial charge in [-0.3, -0.25) is 4.98 Å². The van der Waals surface area contributed by atoms with Crippen LogP contribution in [0.3, 0.4) is 0 Å². The van der Waals surface area contributed by atoms with Gasteiger partial charge < -0.3 is 4.74 Å². The summed E-state index contributed by atoms with van der Waals surface area (Å²) < 4.78 is 5.85. The third kappa shape index (κ3) is 3.01. The van der Waals surface area contributed by atoms with Crippen LogP contribution in [0.4, 0.5) is 0 Å². The van der Waals surface area contributed by atoms with Gasteiger partial charge in [0.25, 0.3) is 0 Å². The highest BCUT2D eigenvalue weighted by atomic mass is 35.5. The maximum Gasteiger partial charge on any atom is 0.227 e. The lowest BCUT2D eigenvalue weighted by Crippen LogP contribution is -2.01. The fourth-order valence-electron chi connectivity index (χ4n) is 1.72. The van der Waals surface area contributed by atoms with E-state index in [0.717, 1.165) is 23.4 Å². The average molecular weight is 278 g/mol. The molecule has 0 spiro atoms. The molecule has 0 amide bonds. The van der Waals surface area contributed by atoms with E-state index in [4.69, 9.17) is 16.3 Å².